The molecule has 0 spiro atoms. The van der Waals surface area contributed by atoms with Gasteiger partial charge in [-0.1, -0.05) is 32.6 Å². The molecule has 1 aromatic carbocycles. The number of hydrogen-bond donors (Lipinski definition) is 1. The molecule has 2 aliphatic rings. The maximum Gasteiger partial charge on any atom is 0.253 e. The first-order valence-electron chi connectivity index (χ1n) is 12.5. The molecule has 1 aromatic heterocycles. The Labute approximate surface area is 197 Å². The van der Waals surface area contributed by atoms with E-state index >= 15 is 0 Å². The first kappa shape index (κ1) is 23.3. The van der Waals surface area contributed by atoms with Gasteiger partial charge < -0.3 is 19.9 Å². The number of hydrogen-bond acceptors (Lipinski definition) is 6. The van der Waals surface area contributed by atoms with Gasteiger partial charge in [0, 0.05) is 49.5 Å². The number of carbonyl (C=O) groups excluding carboxylic acids is 1. The molecule has 0 unspecified atom stereocenters. The molecule has 4 rings (SSSR count). The Morgan fingerprint density at radius 3 is 2.48 bits per heavy atom. The number of carbonyl (C=O) groups is 1. The summed E-state index contributed by atoms with van der Waals surface area (Å²) in [7, 11) is 0. The zero-order chi connectivity index (χ0) is 23.0. The van der Waals surface area contributed by atoms with Crippen molar-refractivity contribution in [1.82, 2.24) is 14.9 Å². The predicted molar refractivity (Wildman–Crippen MR) is 132 cm³/mol. The lowest BCUT2D eigenvalue weighted by Gasteiger charge is -2.35. The van der Waals surface area contributed by atoms with E-state index in [4.69, 9.17) is 9.72 Å². The molecule has 1 aliphatic carbocycles. The highest BCUT2D eigenvalue weighted by molar-refractivity contribution is 5.94. The number of nitrogens with one attached hydrogen (secondary N) is 1. The summed E-state index contributed by atoms with van der Waals surface area (Å²) in [6, 6.07) is 10.0. The van der Waals surface area contributed by atoms with Crippen LogP contribution in [0.25, 0.3) is 0 Å². The van der Waals surface area contributed by atoms with Crippen molar-refractivity contribution in [3.05, 3.63) is 41.6 Å². The molecule has 7 heteroatoms. The van der Waals surface area contributed by atoms with Crippen LogP contribution in [0.5, 0.6) is 5.75 Å². The lowest BCUT2D eigenvalue weighted by Crippen LogP contribution is -2.49. The summed E-state index contributed by atoms with van der Waals surface area (Å²) in [4.78, 5) is 26.6. The van der Waals surface area contributed by atoms with Gasteiger partial charge in [0.15, 0.2) is 0 Å². The lowest BCUT2D eigenvalue weighted by molar-refractivity contribution is 0.0746. The molecule has 2 aromatic rings. The summed E-state index contributed by atoms with van der Waals surface area (Å²) in [6.45, 7) is 7.78. The van der Waals surface area contributed by atoms with Gasteiger partial charge in [-0.05, 0) is 50.5 Å². The third-order valence-corrected chi connectivity index (χ3v) is 6.54. The number of unbranched alkanes of at least 4 members (excludes halogenated alkanes) is 1. The summed E-state index contributed by atoms with van der Waals surface area (Å²) in [5, 5.41) is 3.55. The van der Waals surface area contributed by atoms with Crippen molar-refractivity contribution in [1.29, 1.82) is 0 Å². The van der Waals surface area contributed by atoms with E-state index in [1.165, 1.54) is 32.1 Å². The SMILES string of the molecule is CCCCOc1ccc(C(=O)N2CCN(c3cc(C)nc(NC4CCCCC4)n3)CC2)cc1. The normalized spacial score (nSPS) is 17.2. The van der Waals surface area contributed by atoms with Crippen molar-refractivity contribution < 1.29 is 9.53 Å². The van der Waals surface area contributed by atoms with E-state index in [0.717, 1.165) is 49.1 Å². The molecule has 2 fully saturated rings. The topological polar surface area (TPSA) is 70.6 Å². The highest BCUT2D eigenvalue weighted by Crippen LogP contribution is 2.23. The minimum atomic E-state index is 0.0771. The third-order valence-electron chi connectivity index (χ3n) is 6.54. The van der Waals surface area contributed by atoms with Crippen LogP contribution < -0.4 is 15.0 Å². The van der Waals surface area contributed by atoms with Crippen molar-refractivity contribution in [2.24, 2.45) is 0 Å². The molecule has 0 radical (unpaired) electrons. The van der Waals surface area contributed by atoms with Gasteiger partial charge >= 0.3 is 0 Å². The summed E-state index contributed by atoms with van der Waals surface area (Å²) in [5.74, 6) is 2.58. The minimum absolute atomic E-state index is 0.0771. The van der Waals surface area contributed by atoms with Gasteiger partial charge in [0.25, 0.3) is 5.91 Å². The molecule has 33 heavy (non-hydrogen) atoms. The van der Waals surface area contributed by atoms with Gasteiger partial charge in [0.2, 0.25) is 5.95 Å². The standard InChI is InChI=1S/C26H37N5O2/c1-3-4-18-33-23-12-10-21(11-13-23)25(32)31-16-14-30(15-17-31)24-19-20(2)27-26(29-24)28-22-8-6-5-7-9-22/h10-13,19,22H,3-9,14-18H2,1-2H3,(H,27,28,29). The van der Waals surface area contributed by atoms with E-state index in [-0.39, 0.29) is 5.91 Å². The number of benzene rings is 1. The van der Waals surface area contributed by atoms with Gasteiger partial charge in [-0.3, -0.25) is 4.79 Å². The number of anilines is 2. The van der Waals surface area contributed by atoms with Crippen LogP contribution in [0.4, 0.5) is 11.8 Å². The Morgan fingerprint density at radius 2 is 1.79 bits per heavy atom. The fourth-order valence-electron chi connectivity index (χ4n) is 4.56. The van der Waals surface area contributed by atoms with Crippen molar-refractivity contribution in [3.63, 3.8) is 0 Å². The number of nitrogens with zero attached hydrogens (tertiary/aromatic N) is 4. The predicted octanol–water partition coefficient (Wildman–Crippen LogP) is 4.67. The van der Waals surface area contributed by atoms with E-state index in [0.29, 0.717) is 31.3 Å². The van der Waals surface area contributed by atoms with Crippen LogP contribution in [0.1, 0.15) is 67.9 Å². The average molecular weight is 452 g/mol. The van der Waals surface area contributed by atoms with E-state index in [1.807, 2.05) is 42.2 Å². The fraction of sp³-hybridized carbons (Fsp3) is 0.577. The van der Waals surface area contributed by atoms with Gasteiger partial charge in [0.05, 0.1) is 6.61 Å². The molecule has 1 amide bonds. The summed E-state index contributed by atoms with van der Waals surface area (Å²) >= 11 is 0. The second-order valence-electron chi connectivity index (χ2n) is 9.18. The molecule has 1 aliphatic heterocycles. The van der Waals surface area contributed by atoms with Crippen molar-refractivity contribution >= 4 is 17.7 Å². The quantitative estimate of drug-likeness (QED) is 0.588. The van der Waals surface area contributed by atoms with Crippen molar-refractivity contribution in [2.75, 3.05) is 43.0 Å². The number of amides is 1. The van der Waals surface area contributed by atoms with E-state index in [2.05, 4.69) is 22.1 Å². The Balaban J connectivity index is 1.32. The average Bonchev–Trinajstić information content (AvgIpc) is 2.85. The molecular formula is C26H37N5O2. The molecule has 0 bridgehead atoms. The van der Waals surface area contributed by atoms with E-state index in [1.54, 1.807) is 0 Å². The van der Waals surface area contributed by atoms with Gasteiger partial charge in [0.1, 0.15) is 11.6 Å². The van der Waals surface area contributed by atoms with Crippen LogP contribution in [0.15, 0.2) is 30.3 Å². The monoisotopic (exact) mass is 451 g/mol. The fourth-order valence-corrected chi connectivity index (χ4v) is 4.56. The molecule has 178 valence electrons. The van der Waals surface area contributed by atoms with E-state index in [9.17, 15) is 4.79 Å². The highest BCUT2D eigenvalue weighted by atomic mass is 16.5. The van der Waals surface area contributed by atoms with Crippen molar-refractivity contribution in [3.8, 4) is 5.75 Å². The lowest BCUT2D eigenvalue weighted by atomic mass is 9.96. The highest BCUT2D eigenvalue weighted by Gasteiger charge is 2.24. The number of aromatic nitrogens is 2. The van der Waals surface area contributed by atoms with Crippen molar-refractivity contribution in [2.45, 2.75) is 64.8 Å². The molecule has 1 saturated carbocycles. The molecule has 1 saturated heterocycles. The molecule has 1 N–H and O–H groups in total. The van der Waals surface area contributed by atoms with Crippen LogP contribution >= 0.6 is 0 Å². The first-order chi connectivity index (χ1) is 16.1. The summed E-state index contributed by atoms with van der Waals surface area (Å²) in [5.41, 5.74) is 1.68. The second-order valence-corrected chi connectivity index (χ2v) is 9.18. The number of rotatable bonds is 8. The maximum atomic E-state index is 13.0. The second kappa shape index (κ2) is 11.3. The third kappa shape index (κ3) is 6.36. The molecule has 2 heterocycles. The summed E-state index contributed by atoms with van der Waals surface area (Å²) < 4.78 is 5.71. The van der Waals surface area contributed by atoms with Gasteiger partial charge in [-0.2, -0.15) is 4.98 Å². The smallest absolute Gasteiger partial charge is 0.253 e. The molecular weight excluding hydrogens is 414 g/mol. The van der Waals surface area contributed by atoms with Crippen LogP contribution in [0.3, 0.4) is 0 Å². The Bertz CT molecular complexity index is 903. The largest absolute Gasteiger partial charge is 0.494 e. The van der Waals surface area contributed by atoms with E-state index < -0.39 is 0 Å². The van der Waals surface area contributed by atoms with Crippen LogP contribution in [-0.4, -0.2) is 59.6 Å². The number of ether oxygens (including phenoxy) is 1. The van der Waals surface area contributed by atoms with Crippen LogP contribution in [-0.2, 0) is 0 Å². The van der Waals surface area contributed by atoms with Crippen LogP contribution in [0.2, 0.25) is 0 Å². The number of aryl methyl sites for hydroxylation is 1. The Morgan fingerprint density at radius 1 is 1.06 bits per heavy atom. The molecule has 0 atom stereocenters. The zero-order valence-corrected chi connectivity index (χ0v) is 20.1. The number of piperazine rings is 1. The maximum absolute atomic E-state index is 13.0. The Kier molecular flexibility index (Phi) is 8.02. The first-order valence-corrected chi connectivity index (χ1v) is 12.5. The minimum Gasteiger partial charge on any atom is -0.494 e. The van der Waals surface area contributed by atoms with Gasteiger partial charge in [-0.25, -0.2) is 4.98 Å². The summed E-state index contributed by atoms with van der Waals surface area (Å²) in [6.07, 6.45) is 8.42. The van der Waals surface area contributed by atoms with Crippen LogP contribution in [0, 0.1) is 6.92 Å². The zero-order valence-electron chi connectivity index (χ0n) is 20.1. The Hall–Kier alpha value is -2.83. The van der Waals surface area contributed by atoms with Gasteiger partial charge in [-0.15, -0.1) is 0 Å². The molecule has 7 nitrogen and oxygen atoms in total.